The summed E-state index contributed by atoms with van der Waals surface area (Å²) in [5, 5.41) is 0. The van der Waals surface area contributed by atoms with Crippen LogP contribution in [0.3, 0.4) is 0 Å². The van der Waals surface area contributed by atoms with Gasteiger partial charge in [-0.1, -0.05) is 38.1 Å². The van der Waals surface area contributed by atoms with E-state index in [1.54, 1.807) is 6.07 Å². The number of benzene rings is 2. The maximum Gasteiger partial charge on any atom is 0.127 e. The average molecular weight is 227 g/mol. The minimum absolute atomic E-state index is 0.413. The second-order valence-corrected chi connectivity index (χ2v) is 4.56. The van der Waals surface area contributed by atoms with Gasteiger partial charge >= 0.3 is 0 Å². The first-order valence-corrected chi connectivity index (χ1v) is 5.91. The summed E-state index contributed by atoms with van der Waals surface area (Å²) in [6, 6.07) is 14.0. The Hall–Kier alpha value is -1.76. The van der Waals surface area contributed by atoms with Crippen LogP contribution in [0.2, 0.25) is 0 Å². The lowest BCUT2D eigenvalue weighted by molar-refractivity contribution is 0.481. The van der Waals surface area contributed by atoms with Gasteiger partial charge in [0.2, 0.25) is 0 Å². The molecule has 0 saturated carbocycles. The van der Waals surface area contributed by atoms with Gasteiger partial charge in [0.15, 0.2) is 0 Å². The van der Waals surface area contributed by atoms with E-state index in [0.717, 1.165) is 11.3 Å². The van der Waals surface area contributed by atoms with Crippen LogP contribution < -0.4 is 4.74 Å². The second kappa shape index (κ2) is 5.05. The highest BCUT2D eigenvalue weighted by molar-refractivity contribution is 5.36. The third kappa shape index (κ3) is 3.10. The molecule has 1 nitrogen and oxygen atoms in total. The third-order valence-electron chi connectivity index (χ3n) is 2.68. The van der Waals surface area contributed by atoms with Crippen molar-refractivity contribution in [3.05, 3.63) is 59.6 Å². The zero-order chi connectivity index (χ0) is 13.1. The lowest BCUT2D eigenvalue weighted by Gasteiger charge is -2.10. The molecule has 0 radical (unpaired) electrons. The molecular weight excluding hydrogens is 208 g/mol. The topological polar surface area (TPSA) is 9.23 Å². The Kier molecular flexibility index (Phi) is 3.09. The molecule has 2 rings (SSSR count). The van der Waals surface area contributed by atoms with E-state index < -0.39 is 0 Å². The summed E-state index contributed by atoms with van der Waals surface area (Å²) in [6.07, 6.45) is 0. The maximum atomic E-state index is 7.83. The first kappa shape index (κ1) is 10.4. The molecule has 2 aromatic carbocycles. The lowest BCUT2D eigenvalue weighted by Crippen LogP contribution is -1.89. The minimum Gasteiger partial charge on any atom is -0.457 e. The van der Waals surface area contributed by atoms with Crippen molar-refractivity contribution in [1.29, 1.82) is 0 Å². The highest BCUT2D eigenvalue weighted by Gasteiger charge is 2.02. The molecule has 0 aromatic heterocycles. The van der Waals surface area contributed by atoms with Gasteiger partial charge in [-0.15, -0.1) is 0 Å². The predicted molar refractivity (Wildman–Crippen MR) is 71.8 cm³/mol. The van der Waals surface area contributed by atoms with Gasteiger partial charge < -0.3 is 4.74 Å². The predicted octanol–water partition coefficient (Wildman–Crippen LogP) is 4.91. The molecule has 0 saturated heterocycles. The van der Waals surface area contributed by atoms with Gasteiger partial charge in [-0.25, -0.2) is 0 Å². The molecule has 0 atom stereocenters. The first-order chi connectivity index (χ1) is 8.56. The van der Waals surface area contributed by atoms with Crippen molar-refractivity contribution in [3.8, 4) is 11.5 Å². The van der Waals surface area contributed by atoms with Crippen LogP contribution >= 0.6 is 0 Å². The van der Waals surface area contributed by atoms with Crippen LogP contribution in [-0.2, 0) is 0 Å². The summed E-state index contributed by atoms with van der Waals surface area (Å²) < 4.78 is 13.6. The van der Waals surface area contributed by atoms with E-state index in [1.165, 1.54) is 5.56 Å². The van der Waals surface area contributed by atoms with Crippen molar-refractivity contribution in [2.45, 2.75) is 26.7 Å². The third-order valence-corrected chi connectivity index (χ3v) is 2.68. The van der Waals surface area contributed by atoms with E-state index in [2.05, 4.69) is 19.9 Å². The zero-order valence-corrected chi connectivity index (χ0v) is 10.5. The smallest absolute Gasteiger partial charge is 0.127 e. The number of ether oxygens (including phenoxy) is 1. The average Bonchev–Trinajstić information content (AvgIpc) is 2.34. The molecule has 0 N–H and O–H groups in total. The Morgan fingerprint density at radius 2 is 1.88 bits per heavy atom. The molecule has 0 bridgehead atoms. The molecule has 1 heteroatoms. The summed E-state index contributed by atoms with van der Waals surface area (Å²) in [6.45, 7) is 6.31. The van der Waals surface area contributed by atoms with Crippen molar-refractivity contribution < 1.29 is 6.11 Å². The van der Waals surface area contributed by atoms with E-state index in [0.29, 0.717) is 17.7 Å². The second-order valence-electron chi connectivity index (χ2n) is 4.56. The van der Waals surface area contributed by atoms with E-state index >= 15 is 0 Å². The number of hydrogen-bond donors (Lipinski definition) is 0. The lowest BCUT2D eigenvalue weighted by atomic mass is 10.0. The quantitative estimate of drug-likeness (QED) is 0.723. The minimum atomic E-state index is 0.413. The van der Waals surface area contributed by atoms with E-state index in [4.69, 9.17) is 6.11 Å². The van der Waals surface area contributed by atoms with Gasteiger partial charge in [-0.3, -0.25) is 0 Å². The summed E-state index contributed by atoms with van der Waals surface area (Å²) >= 11 is 0. The SMILES string of the molecule is [2H]c1ccc(C)cc1Oc1cccc(C(C)C)c1. The molecule has 0 unspecified atom stereocenters. The summed E-state index contributed by atoms with van der Waals surface area (Å²) in [5.41, 5.74) is 2.34. The van der Waals surface area contributed by atoms with Crippen molar-refractivity contribution in [1.82, 2.24) is 0 Å². The molecule has 88 valence electrons. The number of rotatable bonds is 3. The van der Waals surface area contributed by atoms with Crippen LogP contribution in [0.25, 0.3) is 0 Å². The van der Waals surface area contributed by atoms with E-state index in [9.17, 15) is 0 Å². The summed E-state index contributed by atoms with van der Waals surface area (Å²) in [7, 11) is 0. The highest BCUT2D eigenvalue weighted by Crippen LogP contribution is 2.25. The molecule has 2 aromatic rings. The van der Waals surface area contributed by atoms with Crippen LogP contribution in [0.5, 0.6) is 11.5 Å². The van der Waals surface area contributed by atoms with Crippen LogP contribution in [0.1, 0.15) is 32.3 Å². The van der Waals surface area contributed by atoms with Gasteiger partial charge in [0.05, 0.1) is 1.37 Å². The molecule has 0 aliphatic carbocycles. The molecule has 0 aliphatic rings. The standard InChI is InChI=1S/C16H18O/c1-12(2)14-7-5-9-16(11-14)17-15-8-4-6-13(3)10-15/h4-12H,1-3H3/i8D. The summed E-state index contributed by atoms with van der Waals surface area (Å²) in [4.78, 5) is 0. The molecule has 0 fully saturated rings. The fraction of sp³-hybridized carbons (Fsp3) is 0.250. The van der Waals surface area contributed by atoms with Crippen LogP contribution in [-0.4, -0.2) is 0 Å². The van der Waals surface area contributed by atoms with Gasteiger partial charge in [-0.05, 0) is 48.2 Å². The molecular formula is C16H18O. The monoisotopic (exact) mass is 227 g/mol. The van der Waals surface area contributed by atoms with E-state index in [-0.39, 0.29) is 0 Å². The Morgan fingerprint density at radius 3 is 2.65 bits per heavy atom. The first-order valence-electron chi connectivity index (χ1n) is 6.41. The van der Waals surface area contributed by atoms with E-state index in [1.807, 2.05) is 37.3 Å². The normalized spacial score (nSPS) is 11.4. The summed E-state index contributed by atoms with van der Waals surface area (Å²) in [5.74, 6) is 1.87. The van der Waals surface area contributed by atoms with Gasteiger partial charge in [0.1, 0.15) is 11.5 Å². The van der Waals surface area contributed by atoms with Crippen molar-refractivity contribution >= 4 is 0 Å². The fourth-order valence-electron chi connectivity index (χ4n) is 1.67. The van der Waals surface area contributed by atoms with Crippen molar-refractivity contribution in [2.24, 2.45) is 0 Å². The Bertz CT molecular complexity index is 547. The molecule has 0 aliphatic heterocycles. The number of hydrogen-bond acceptors (Lipinski definition) is 1. The zero-order valence-electron chi connectivity index (χ0n) is 11.5. The fourth-order valence-corrected chi connectivity index (χ4v) is 1.67. The largest absolute Gasteiger partial charge is 0.457 e. The molecule has 0 spiro atoms. The van der Waals surface area contributed by atoms with Crippen LogP contribution in [0.4, 0.5) is 0 Å². The van der Waals surface area contributed by atoms with Crippen LogP contribution in [0, 0.1) is 6.92 Å². The van der Waals surface area contributed by atoms with Gasteiger partial charge in [0, 0.05) is 0 Å². The maximum absolute atomic E-state index is 7.83. The Labute approximate surface area is 104 Å². The molecule has 17 heavy (non-hydrogen) atoms. The van der Waals surface area contributed by atoms with Gasteiger partial charge in [-0.2, -0.15) is 0 Å². The van der Waals surface area contributed by atoms with Crippen LogP contribution in [0.15, 0.2) is 48.5 Å². The van der Waals surface area contributed by atoms with Crippen molar-refractivity contribution in [2.75, 3.05) is 0 Å². The molecule has 0 heterocycles. The van der Waals surface area contributed by atoms with Gasteiger partial charge in [0.25, 0.3) is 0 Å². The Balaban J connectivity index is 2.28. The van der Waals surface area contributed by atoms with Crippen molar-refractivity contribution in [3.63, 3.8) is 0 Å². The highest BCUT2D eigenvalue weighted by atomic mass is 16.5. The Morgan fingerprint density at radius 1 is 1.06 bits per heavy atom. The molecule has 0 amide bonds. The number of aryl methyl sites for hydroxylation is 1.